The molecule has 0 aliphatic carbocycles. The molecule has 0 aliphatic rings. The molecule has 0 saturated heterocycles. The molecule has 2 atom stereocenters. The van der Waals surface area contributed by atoms with E-state index in [-0.39, 0.29) is 32.2 Å². The van der Waals surface area contributed by atoms with E-state index in [0.717, 1.165) is 32.1 Å². The second-order valence-corrected chi connectivity index (χ2v) is 19.7. The molecule has 0 aromatic rings. The van der Waals surface area contributed by atoms with Crippen molar-refractivity contribution in [2.45, 2.75) is 297 Å². The second kappa shape index (κ2) is 49.2. The number of hydrogen-bond acceptors (Lipinski definition) is 7. The van der Waals surface area contributed by atoms with Crippen molar-refractivity contribution in [1.82, 2.24) is 0 Å². The quantitative estimate of drug-likeness (QED) is 0.0278. The van der Waals surface area contributed by atoms with Crippen LogP contribution in [0.1, 0.15) is 290 Å². The van der Waals surface area contributed by atoms with E-state index >= 15 is 0 Å². The lowest BCUT2D eigenvalue weighted by molar-refractivity contribution is -0.161. The van der Waals surface area contributed by atoms with E-state index in [1.165, 1.54) is 218 Å². The van der Waals surface area contributed by atoms with Gasteiger partial charge in [-0.2, -0.15) is 0 Å². The number of carbonyl (C=O) groups excluding carboxylic acids is 2. The predicted molar refractivity (Wildman–Crippen MR) is 263 cm³/mol. The third kappa shape index (κ3) is 48.3. The summed E-state index contributed by atoms with van der Waals surface area (Å²) in [6, 6.07) is 0. The van der Waals surface area contributed by atoms with Crippen molar-refractivity contribution in [2.75, 3.05) is 19.8 Å². The minimum absolute atomic E-state index is 0.00377. The molecule has 8 nitrogen and oxygen atoms in total. The van der Waals surface area contributed by atoms with Gasteiger partial charge in [0.15, 0.2) is 6.10 Å². The summed E-state index contributed by atoms with van der Waals surface area (Å²) >= 11 is 0. The highest BCUT2D eigenvalue weighted by atomic mass is 31.2. The number of ether oxygens (including phenoxy) is 2. The van der Waals surface area contributed by atoms with E-state index in [9.17, 15) is 19.0 Å². The van der Waals surface area contributed by atoms with E-state index in [0.29, 0.717) is 12.8 Å². The predicted octanol–water partition coefficient (Wildman–Crippen LogP) is 17.6. The lowest BCUT2D eigenvalue weighted by Gasteiger charge is -2.19. The van der Waals surface area contributed by atoms with Crippen LogP contribution in [-0.2, 0) is 32.7 Å². The molecule has 0 saturated carbocycles. The van der Waals surface area contributed by atoms with Crippen molar-refractivity contribution in [3.63, 3.8) is 0 Å². The Morgan fingerprint density at radius 1 is 0.419 bits per heavy atom. The largest absolute Gasteiger partial charge is 0.472 e. The van der Waals surface area contributed by atoms with Gasteiger partial charge in [-0.05, 0) is 45.4 Å². The first kappa shape index (κ1) is 60.8. The van der Waals surface area contributed by atoms with Crippen LogP contribution >= 0.6 is 7.82 Å². The van der Waals surface area contributed by atoms with Crippen LogP contribution in [-0.4, -0.2) is 42.8 Å². The van der Waals surface area contributed by atoms with Gasteiger partial charge in [-0.3, -0.25) is 18.6 Å². The first-order valence-electron chi connectivity index (χ1n) is 27.0. The number of carbonyl (C=O) groups is 2. The molecule has 0 heterocycles. The molecular weight excluding hydrogens is 796 g/mol. The minimum Gasteiger partial charge on any atom is -0.462 e. The minimum atomic E-state index is -4.28. The van der Waals surface area contributed by atoms with Gasteiger partial charge in [0.05, 0.1) is 13.2 Å². The number of unbranched alkanes of at least 4 members (excludes halogenated alkanes) is 37. The fourth-order valence-corrected chi connectivity index (χ4v) is 8.85. The summed E-state index contributed by atoms with van der Waals surface area (Å²) in [6.07, 6.45) is 55.7. The lowest BCUT2D eigenvalue weighted by Crippen LogP contribution is -2.29. The van der Waals surface area contributed by atoms with Crippen LogP contribution < -0.4 is 0 Å². The molecule has 9 heteroatoms. The van der Waals surface area contributed by atoms with Crippen LogP contribution in [0.25, 0.3) is 0 Å². The van der Waals surface area contributed by atoms with Gasteiger partial charge in [0.25, 0.3) is 0 Å². The Bertz CT molecular complexity index is 1020. The Balaban J connectivity index is 3.91. The zero-order chi connectivity index (χ0) is 45.3. The lowest BCUT2D eigenvalue weighted by atomic mass is 10.0. The summed E-state index contributed by atoms with van der Waals surface area (Å²) in [7, 11) is -4.28. The van der Waals surface area contributed by atoms with E-state index in [1.807, 2.05) is 0 Å². The summed E-state index contributed by atoms with van der Waals surface area (Å²) < 4.78 is 32.9. The third-order valence-electron chi connectivity index (χ3n) is 12.1. The van der Waals surface area contributed by atoms with Gasteiger partial charge in [-0.1, -0.05) is 244 Å². The molecule has 0 radical (unpaired) electrons. The molecule has 0 aromatic carbocycles. The van der Waals surface area contributed by atoms with Gasteiger partial charge in [0.1, 0.15) is 6.61 Å². The first-order chi connectivity index (χ1) is 30.3. The van der Waals surface area contributed by atoms with E-state index in [4.69, 9.17) is 18.5 Å². The third-order valence-corrected chi connectivity index (χ3v) is 13.1. The Morgan fingerprint density at radius 3 is 1.06 bits per heavy atom. The fraction of sp³-hybridized carbons (Fsp3) is 0.925. The molecule has 0 rings (SSSR count). The SMILES string of the molecule is CCCCCCCCCC/C=C\CCCCCCCCCCCC(=O)OC(COC(=O)CCCCCCCCCCCCCCCCCCCCCCC)COP(=O)(O)OCC. The summed E-state index contributed by atoms with van der Waals surface area (Å²) in [5, 5.41) is 0. The summed E-state index contributed by atoms with van der Waals surface area (Å²) in [4.78, 5) is 35.0. The van der Waals surface area contributed by atoms with Crippen LogP contribution in [0.3, 0.4) is 0 Å². The van der Waals surface area contributed by atoms with Crippen LogP contribution in [0.5, 0.6) is 0 Å². The van der Waals surface area contributed by atoms with Gasteiger partial charge in [-0.15, -0.1) is 0 Å². The standard InChI is InChI=1S/C53H103O8P/c1-4-7-9-11-13-15-17-19-21-23-25-27-29-31-33-35-37-39-41-43-45-47-52(54)58-49-51(50-60-62(56,57)59-6-3)61-53(55)48-46-44-42-40-38-36-34-32-30-28-26-24-22-20-18-16-14-12-10-8-5-2/h24,26,51H,4-23,25,27-50H2,1-3H3,(H,56,57)/b26-24-. The van der Waals surface area contributed by atoms with Crippen LogP contribution in [0.15, 0.2) is 12.2 Å². The molecule has 0 amide bonds. The number of rotatable bonds is 51. The highest BCUT2D eigenvalue weighted by Gasteiger charge is 2.25. The van der Waals surface area contributed by atoms with Crippen LogP contribution in [0.2, 0.25) is 0 Å². The number of esters is 2. The van der Waals surface area contributed by atoms with Gasteiger partial charge in [0.2, 0.25) is 0 Å². The van der Waals surface area contributed by atoms with E-state index in [1.54, 1.807) is 6.92 Å². The molecule has 0 fully saturated rings. The van der Waals surface area contributed by atoms with Crippen molar-refractivity contribution < 1.29 is 37.6 Å². The van der Waals surface area contributed by atoms with Gasteiger partial charge in [-0.25, -0.2) is 4.57 Å². The van der Waals surface area contributed by atoms with Crippen molar-refractivity contribution in [1.29, 1.82) is 0 Å². The van der Waals surface area contributed by atoms with Gasteiger partial charge >= 0.3 is 19.8 Å². The number of hydrogen-bond donors (Lipinski definition) is 1. The topological polar surface area (TPSA) is 108 Å². The number of phosphoric acid groups is 1. The summed E-state index contributed by atoms with van der Waals surface area (Å²) in [5.41, 5.74) is 0. The summed E-state index contributed by atoms with van der Waals surface area (Å²) in [5.74, 6) is -0.781. The number of phosphoric ester groups is 1. The maximum absolute atomic E-state index is 12.6. The molecule has 1 N–H and O–H groups in total. The maximum atomic E-state index is 12.6. The van der Waals surface area contributed by atoms with Crippen molar-refractivity contribution in [3.05, 3.63) is 12.2 Å². The molecule has 0 aromatic heterocycles. The zero-order valence-electron chi connectivity index (χ0n) is 41.3. The second-order valence-electron chi connectivity index (χ2n) is 18.3. The Kier molecular flexibility index (Phi) is 48.3. The maximum Gasteiger partial charge on any atom is 0.472 e. The Morgan fingerprint density at radius 2 is 0.726 bits per heavy atom. The van der Waals surface area contributed by atoms with E-state index in [2.05, 4.69) is 26.0 Å². The molecule has 0 spiro atoms. The van der Waals surface area contributed by atoms with Crippen molar-refractivity contribution in [3.8, 4) is 0 Å². The Labute approximate surface area is 384 Å². The highest BCUT2D eigenvalue weighted by Crippen LogP contribution is 2.43. The molecule has 62 heavy (non-hydrogen) atoms. The zero-order valence-corrected chi connectivity index (χ0v) is 42.2. The fourth-order valence-electron chi connectivity index (χ4n) is 8.10. The van der Waals surface area contributed by atoms with Gasteiger partial charge in [0, 0.05) is 12.8 Å². The monoisotopic (exact) mass is 899 g/mol. The van der Waals surface area contributed by atoms with E-state index < -0.39 is 19.9 Å². The van der Waals surface area contributed by atoms with Crippen molar-refractivity contribution in [2.24, 2.45) is 0 Å². The number of allylic oxidation sites excluding steroid dienone is 2. The molecule has 0 bridgehead atoms. The highest BCUT2D eigenvalue weighted by molar-refractivity contribution is 7.47. The average molecular weight is 899 g/mol. The first-order valence-corrected chi connectivity index (χ1v) is 28.5. The molecular formula is C53H103O8P. The molecule has 0 aliphatic heterocycles. The smallest absolute Gasteiger partial charge is 0.462 e. The normalized spacial score (nSPS) is 13.2. The summed E-state index contributed by atoms with van der Waals surface area (Å²) in [6.45, 7) is 5.55. The average Bonchev–Trinajstić information content (AvgIpc) is 3.25. The van der Waals surface area contributed by atoms with Crippen LogP contribution in [0, 0.1) is 0 Å². The van der Waals surface area contributed by atoms with Crippen molar-refractivity contribution >= 4 is 19.8 Å². The molecule has 2 unspecified atom stereocenters. The van der Waals surface area contributed by atoms with Crippen LogP contribution in [0.4, 0.5) is 0 Å². The molecule has 368 valence electrons. The Hall–Kier alpha value is -1.21. The van der Waals surface area contributed by atoms with Gasteiger partial charge < -0.3 is 14.4 Å².